The van der Waals surface area contributed by atoms with Gasteiger partial charge in [-0.2, -0.15) is 0 Å². The van der Waals surface area contributed by atoms with Gasteiger partial charge in [-0.15, -0.1) is 0 Å². The summed E-state index contributed by atoms with van der Waals surface area (Å²) in [4.78, 5) is 12.0. The predicted molar refractivity (Wildman–Crippen MR) is 110 cm³/mol. The average Bonchev–Trinajstić information content (AvgIpc) is 2.58. The van der Waals surface area contributed by atoms with E-state index >= 15 is 0 Å². The van der Waals surface area contributed by atoms with Gasteiger partial charge in [0.05, 0.1) is 32.7 Å². The van der Waals surface area contributed by atoms with E-state index in [9.17, 15) is 13.2 Å². The lowest BCUT2D eigenvalue weighted by atomic mass is 10.3. The lowest BCUT2D eigenvalue weighted by Crippen LogP contribution is -2.29. The first-order valence-corrected chi connectivity index (χ1v) is 10.7. The second-order valence-electron chi connectivity index (χ2n) is 5.50. The Morgan fingerprint density at radius 2 is 1.67 bits per heavy atom. The van der Waals surface area contributed by atoms with Gasteiger partial charge in [-0.3, -0.25) is 9.10 Å². The molecule has 0 aliphatic rings. The molecule has 0 spiro atoms. The standard InChI is InChI=1S/C17H17Cl3N2O4S/c1-3-22(27(2,24)25)11-4-6-12(7-5-11)26-10-17(23)21-16-9-14(19)13(18)8-15(16)20/h4-9H,3,10H2,1-2H3,(H,21,23). The van der Waals surface area contributed by atoms with Crippen LogP contribution in [0.4, 0.5) is 11.4 Å². The highest BCUT2D eigenvalue weighted by molar-refractivity contribution is 7.92. The molecule has 0 radical (unpaired) electrons. The summed E-state index contributed by atoms with van der Waals surface area (Å²) in [5.74, 6) is -0.0237. The fourth-order valence-corrected chi connectivity index (χ4v) is 3.84. The lowest BCUT2D eigenvalue weighted by Gasteiger charge is -2.20. The van der Waals surface area contributed by atoms with E-state index in [1.54, 1.807) is 31.2 Å². The number of ether oxygens (including phenoxy) is 1. The second kappa shape index (κ2) is 9.01. The summed E-state index contributed by atoms with van der Waals surface area (Å²) in [5, 5.41) is 3.38. The van der Waals surface area contributed by atoms with Crippen LogP contribution < -0.4 is 14.4 Å². The number of anilines is 2. The smallest absolute Gasteiger partial charge is 0.262 e. The lowest BCUT2D eigenvalue weighted by molar-refractivity contribution is -0.118. The number of sulfonamides is 1. The molecule has 0 bridgehead atoms. The van der Waals surface area contributed by atoms with E-state index in [2.05, 4.69) is 5.32 Å². The van der Waals surface area contributed by atoms with Crippen LogP contribution in [0.2, 0.25) is 15.1 Å². The van der Waals surface area contributed by atoms with Crippen molar-refractivity contribution in [2.24, 2.45) is 0 Å². The van der Waals surface area contributed by atoms with Crippen LogP contribution in [0.3, 0.4) is 0 Å². The summed E-state index contributed by atoms with van der Waals surface area (Å²) in [6.45, 7) is 1.79. The van der Waals surface area contributed by atoms with Gasteiger partial charge in [-0.1, -0.05) is 34.8 Å². The van der Waals surface area contributed by atoms with Crippen LogP contribution in [-0.4, -0.2) is 33.7 Å². The second-order valence-corrected chi connectivity index (χ2v) is 8.63. The van der Waals surface area contributed by atoms with Crippen LogP contribution in [0.1, 0.15) is 6.92 Å². The number of hydrogen-bond donors (Lipinski definition) is 1. The zero-order valence-corrected chi connectivity index (χ0v) is 17.6. The normalized spacial score (nSPS) is 11.1. The minimum absolute atomic E-state index is 0.252. The van der Waals surface area contributed by atoms with Crippen molar-refractivity contribution in [1.29, 1.82) is 0 Å². The van der Waals surface area contributed by atoms with Crippen molar-refractivity contribution in [3.05, 3.63) is 51.5 Å². The van der Waals surface area contributed by atoms with E-state index in [0.29, 0.717) is 23.7 Å². The van der Waals surface area contributed by atoms with Gasteiger partial charge < -0.3 is 10.1 Å². The van der Waals surface area contributed by atoms with Crippen molar-refractivity contribution in [2.45, 2.75) is 6.92 Å². The Hall–Kier alpha value is -1.67. The van der Waals surface area contributed by atoms with Gasteiger partial charge >= 0.3 is 0 Å². The molecule has 2 rings (SSSR count). The predicted octanol–water partition coefficient (Wildman–Crippen LogP) is 4.45. The van der Waals surface area contributed by atoms with E-state index in [-0.39, 0.29) is 21.7 Å². The number of rotatable bonds is 7. The summed E-state index contributed by atoms with van der Waals surface area (Å²) in [6, 6.07) is 9.26. The van der Waals surface area contributed by atoms with Gasteiger partial charge in [0.25, 0.3) is 5.91 Å². The molecule has 0 aliphatic heterocycles. The van der Waals surface area contributed by atoms with Crippen LogP contribution in [0.25, 0.3) is 0 Å². The molecule has 0 atom stereocenters. The number of nitrogens with one attached hydrogen (secondary N) is 1. The van der Waals surface area contributed by atoms with Crippen molar-refractivity contribution in [3.63, 3.8) is 0 Å². The molecule has 2 aromatic rings. The van der Waals surface area contributed by atoms with Gasteiger partial charge in [0.15, 0.2) is 6.61 Å². The van der Waals surface area contributed by atoms with Crippen molar-refractivity contribution < 1.29 is 17.9 Å². The molecule has 0 aliphatic carbocycles. The average molecular weight is 452 g/mol. The van der Waals surface area contributed by atoms with E-state index in [1.807, 2.05) is 0 Å². The van der Waals surface area contributed by atoms with Crippen molar-refractivity contribution in [1.82, 2.24) is 0 Å². The maximum absolute atomic E-state index is 12.0. The number of benzene rings is 2. The summed E-state index contributed by atoms with van der Waals surface area (Å²) in [7, 11) is -3.36. The largest absolute Gasteiger partial charge is 0.484 e. The van der Waals surface area contributed by atoms with Crippen LogP contribution in [0.5, 0.6) is 5.75 Å². The molecule has 0 saturated carbocycles. The first-order valence-electron chi connectivity index (χ1n) is 7.76. The molecule has 0 unspecified atom stereocenters. The number of nitrogens with zero attached hydrogens (tertiary/aromatic N) is 1. The van der Waals surface area contributed by atoms with Crippen LogP contribution >= 0.6 is 34.8 Å². The number of carbonyl (C=O) groups is 1. The first kappa shape index (κ1) is 21.6. The molecule has 2 aromatic carbocycles. The van der Waals surface area contributed by atoms with E-state index < -0.39 is 15.9 Å². The van der Waals surface area contributed by atoms with E-state index in [1.165, 1.54) is 16.4 Å². The van der Waals surface area contributed by atoms with Gasteiger partial charge in [-0.05, 0) is 43.3 Å². The fraction of sp³-hybridized carbons (Fsp3) is 0.235. The SMILES string of the molecule is CCN(c1ccc(OCC(=O)Nc2cc(Cl)c(Cl)cc2Cl)cc1)S(C)(=O)=O. The zero-order chi connectivity index (χ0) is 20.2. The summed E-state index contributed by atoms with van der Waals surface area (Å²) < 4.78 is 30.1. The van der Waals surface area contributed by atoms with Gasteiger partial charge in [0, 0.05) is 6.54 Å². The Balaban J connectivity index is 1.99. The highest BCUT2D eigenvalue weighted by Gasteiger charge is 2.15. The van der Waals surface area contributed by atoms with Gasteiger partial charge in [0.1, 0.15) is 5.75 Å². The number of halogens is 3. The molecule has 146 valence electrons. The van der Waals surface area contributed by atoms with E-state index in [0.717, 1.165) is 6.26 Å². The molecule has 1 N–H and O–H groups in total. The molecule has 0 heterocycles. The minimum atomic E-state index is -3.36. The zero-order valence-electron chi connectivity index (χ0n) is 14.5. The number of hydrogen-bond acceptors (Lipinski definition) is 4. The van der Waals surface area contributed by atoms with Crippen LogP contribution in [-0.2, 0) is 14.8 Å². The molecule has 1 amide bonds. The summed E-state index contributed by atoms with van der Waals surface area (Å²) in [5.41, 5.74) is 0.834. The van der Waals surface area contributed by atoms with Gasteiger partial charge in [0.2, 0.25) is 10.0 Å². The topological polar surface area (TPSA) is 75.7 Å². The Labute approximate surface area is 173 Å². The van der Waals surface area contributed by atoms with Crippen molar-refractivity contribution >= 4 is 62.1 Å². The Morgan fingerprint density at radius 3 is 2.22 bits per heavy atom. The molecule has 0 aromatic heterocycles. The maximum atomic E-state index is 12.0. The summed E-state index contributed by atoms with van der Waals surface area (Å²) >= 11 is 17.8. The molecular formula is C17H17Cl3N2O4S. The molecule has 27 heavy (non-hydrogen) atoms. The van der Waals surface area contributed by atoms with E-state index in [4.69, 9.17) is 39.5 Å². The third-order valence-corrected chi connectivity index (χ3v) is 5.77. The molecule has 0 saturated heterocycles. The quantitative estimate of drug-likeness (QED) is 0.631. The van der Waals surface area contributed by atoms with Crippen molar-refractivity contribution in [3.8, 4) is 5.75 Å². The van der Waals surface area contributed by atoms with Crippen LogP contribution in [0, 0.1) is 0 Å². The Kier molecular flexibility index (Phi) is 7.22. The first-order chi connectivity index (χ1) is 12.6. The number of carbonyl (C=O) groups excluding carboxylic acids is 1. The maximum Gasteiger partial charge on any atom is 0.262 e. The molecule has 10 heteroatoms. The van der Waals surface area contributed by atoms with Crippen LogP contribution in [0.15, 0.2) is 36.4 Å². The van der Waals surface area contributed by atoms with Crippen molar-refractivity contribution in [2.75, 3.05) is 29.0 Å². The van der Waals surface area contributed by atoms with Gasteiger partial charge in [-0.25, -0.2) is 8.42 Å². The Morgan fingerprint density at radius 1 is 1.07 bits per heavy atom. The monoisotopic (exact) mass is 450 g/mol. The third kappa shape index (κ3) is 5.90. The minimum Gasteiger partial charge on any atom is -0.484 e. The Bertz CT molecular complexity index is 934. The highest BCUT2D eigenvalue weighted by atomic mass is 35.5. The summed E-state index contributed by atoms with van der Waals surface area (Å²) in [6.07, 6.45) is 1.14. The highest BCUT2D eigenvalue weighted by Crippen LogP contribution is 2.32. The fourth-order valence-electron chi connectivity index (χ4n) is 2.27. The third-order valence-electron chi connectivity index (χ3n) is 3.47. The molecule has 6 nitrogen and oxygen atoms in total. The molecular weight excluding hydrogens is 435 g/mol. The molecule has 0 fully saturated rings. The number of amides is 1.